The SMILES string of the molecule is CCNC(COC(C)COCC)(C(=O)OC)C1CC1. The Morgan fingerprint density at radius 1 is 1.42 bits per heavy atom. The first-order valence-corrected chi connectivity index (χ1v) is 7.13. The first-order valence-electron chi connectivity index (χ1n) is 7.13. The van der Waals surface area contributed by atoms with Crippen molar-refractivity contribution >= 4 is 5.97 Å². The van der Waals surface area contributed by atoms with E-state index in [0.29, 0.717) is 25.7 Å². The van der Waals surface area contributed by atoms with Crippen molar-refractivity contribution in [2.45, 2.75) is 45.3 Å². The van der Waals surface area contributed by atoms with Crippen LogP contribution in [0.3, 0.4) is 0 Å². The van der Waals surface area contributed by atoms with E-state index < -0.39 is 5.54 Å². The standard InChI is InChI=1S/C14H27NO4/c1-5-15-14(12-7-8-12,13(16)17-4)10-19-11(3)9-18-6-2/h11-12,15H,5-10H2,1-4H3. The second kappa shape index (κ2) is 7.82. The van der Waals surface area contributed by atoms with Gasteiger partial charge in [-0.2, -0.15) is 0 Å². The second-order valence-corrected chi connectivity index (χ2v) is 5.05. The van der Waals surface area contributed by atoms with Crippen LogP contribution in [0.2, 0.25) is 0 Å². The molecule has 1 aliphatic carbocycles. The molecular formula is C14H27NO4. The molecule has 0 aromatic rings. The van der Waals surface area contributed by atoms with Gasteiger partial charge in [-0.05, 0) is 39.2 Å². The highest BCUT2D eigenvalue weighted by atomic mass is 16.5. The fraction of sp³-hybridized carbons (Fsp3) is 0.929. The summed E-state index contributed by atoms with van der Waals surface area (Å²) >= 11 is 0. The van der Waals surface area contributed by atoms with Crippen molar-refractivity contribution < 1.29 is 19.0 Å². The Bertz CT molecular complexity index is 281. The quantitative estimate of drug-likeness (QED) is 0.609. The maximum atomic E-state index is 12.1. The summed E-state index contributed by atoms with van der Waals surface area (Å²) in [5, 5.41) is 3.28. The Kier molecular flexibility index (Phi) is 6.75. The number of esters is 1. The molecule has 0 amide bonds. The Balaban J connectivity index is 2.60. The highest BCUT2D eigenvalue weighted by Gasteiger charge is 2.51. The third kappa shape index (κ3) is 4.44. The van der Waals surface area contributed by atoms with Gasteiger partial charge in [0.25, 0.3) is 0 Å². The van der Waals surface area contributed by atoms with Crippen LogP contribution in [0.4, 0.5) is 0 Å². The van der Waals surface area contributed by atoms with E-state index in [1.165, 1.54) is 7.11 Å². The minimum absolute atomic E-state index is 0.0265. The van der Waals surface area contributed by atoms with Crippen molar-refractivity contribution in [2.75, 3.05) is 33.5 Å². The van der Waals surface area contributed by atoms with Crippen LogP contribution >= 0.6 is 0 Å². The number of rotatable bonds is 10. The van der Waals surface area contributed by atoms with Crippen molar-refractivity contribution in [3.8, 4) is 0 Å². The highest BCUT2D eigenvalue weighted by Crippen LogP contribution is 2.40. The maximum absolute atomic E-state index is 12.1. The molecule has 5 heteroatoms. The molecule has 0 spiro atoms. The summed E-state index contributed by atoms with van der Waals surface area (Å²) in [4.78, 5) is 12.1. The van der Waals surface area contributed by atoms with Gasteiger partial charge in [0.05, 0.1) is 26.4 Å². The third-order valence-corrected chi connectivity index (χ3v) is 3.47. The van der Waals surface area contributed by atoms with E-state index in [-0.39, 0.29) is 12.1 Å². The lowest BCUT2D eigenvalue weighted by Crippen LogP contribution is -2.58. The number of carbonyl (C=O) groups is 1. The fourth-order valence-corrected chi connectivity index (χ4v) is 2.29. The van der Waals surface area contributed by atoms with Crippen LogP contribution in [0.15, 0.2) is 0 Å². The van der Waals surface area contributed by atoms with Gasteiger partial charge in [-0.3, -0.25) is 5.32 Å². The number of hydrogen-bond donors (Lipinski definition) is 1. The number of nitrogens with one attached hydrogen (secondary N) is 1. The van der Waals surface area contributed by atoms with Crippen LogP contribution < -0.4 is 5.32 Å². The molecule has 112 valence electrons. The minimum Gasteiger partial charge on any atom is -0.468 e. The Morgan fingerprint density at radius 2 is 2.11 bits per heavy atom. The van der Waals surface area contributed by atoms with Gasteiger partial charge in [0.15, 0.2) is 0 Å². The van der Waals surface area contributed by atoms with Gasteiger partial charge >= 0.3 is 5.97 Å². The van der Waals surface area contributed by atoms with E-state index >= 15 is 0 Å². The van der Waals surface area contributed by atoms with Gasteiger partial charge in [-0.25, -0.2) is 4.79 Å². The number of likely N-dealkylation sites (N-methyl/N-ethyl adjacent to an activating group) is 1. The second-order valence-electron chi connectivity index (χ2n) is 5.05. The summed E-state index contributed by atoms with van der Waals surface area (Å²) in [6.45, 7) is 8.17. The first kappa shape index (κ1) is 16.4. The summed E-state index contributed by atoms with van der Waals surface area (Å²) in [5.74, 6) is 0.0969. The molecule has 1 aliphatic rings. The fourth-order valence-electron chi connectivity index (χ4n) is 2.29. The molecule has 1 fully saturated rings. The summed E-state index contributed by atoms with van der Waals surface area (Å²) in [6, 6.07) is 0. The normalized spacial score (nSPS) is 19.8. The first-order chi connectivity index (χ1) is 9.10. The van der Waals surface area contributed by atoms with E-state index in [4.69, 9.17) is 14.2 Å². The monoisotopic (exact) mass is 273 g/mol. The number of hydrogen-bond acceptors (Lipinski definition) is 5. The predicted molar refractivity (Wildman–Crippen MR) is 73.1 cm³/mol. The smallest absolute Gasteiger partial charge is 0.328 e. The molecule has 0 aromatic carbocycles. The van der Waals surface area contributed by atoms with E-state index in [0.717, 1.165) is 19.4 Å². The third-order valence-electron chi connectivity index (χ3n) is 3.47. The average molecular weight is 273 g/mol. The molecule has 0 aromatic heterocycles. The van der Waals surface area contributed by atoms with Crippen molar-refractivity contribution in [2.24, 2.45) is 5.92 Å². The summed E-state index contributed by atoms with van der Waals surface area (Å²) < 4.78 is 16.1. The molecule has 0 heterocycles. The molecule has 1 N–H and O–H groups in total. The predicted octanol–water partition coefficient (Wildman–Crippen LogP) is 1.36. The van der Waals surface area contributed by atoms with Crippen LogP contribution in [-0.2, 0) is 19.0 Å². The van der Waals surface area contributed by atoms with E-state index in [1.807, 2.05) is 20.8 Å². The zero-order chi connectivity index (χ0) is 14.3. The number of carbonyl (C=O) groups excluding carboxylic acids is 1. The van der Waals surface area contributed by atoms with E-state index in [2.05, 4.69) is 5.32 Å². The number of methoxy groups -OCH3 is 1. The van der Waals surface area contributed by atoms with Gasteiger partial charge in [-0.1, -0.05) is 6.92 Å². The molecule has 19 heavy (non-hydrogen) atoms. The van der Waals surface area contributed by atoms with Crippen molar-refractivity contribution in [3.63, 3.8) is 0 Å². The summed E-state index contributed by atoms with van der Waals surface area (Å²) in [6.07, 6.45) is 2.07. The zero-order valence-corrected chi connectivity index (χ0v) is 12.5. The van der Waals surface area contributed by atoms with Gasteiger partial charge in [-0.15, -0.1) is 0 Å². The number of ether oxygens (including phenoxy) is 3. The lowest BCUT2D eigenvalue weighted by atomic mass is 9.94. The molecule has 0 bridgehead atoms. The van der Waals surface area contributed by atoms with Crippen molar-refractivity contribution in [3.05, 3.63) is 0 Å². The molecule has 1 rings (SSSR count). The summed E-state index contributed by atoms with van der Waals surface area (Å²) in [5.41, 5.74) is -0.691. The Morgan fingerprint density at radius 3 is 2.58 bits per heavy atom. The van der Waals surface area contributed by atoms with Gasteiger partial charge in [0, 0.05) is 6.61 Å². The minimum atomic E-state index is -0.691. The van der Waals surface area contributed by atoms with Crippen LogP contribution in [0.1, 0.15) is 33.6 Å². The maximum Gasteiger partial charge on any atom is 0.328 e. The summed E-state index contributed by atoms with van der Waals surface area (Å²) in [7, 11) is 1.43. The molecule has 0 radical (unpaired) electrons. The van der Waals surface area contributed by atoms with E-state index in [9.17, 15) is 4.79 Å². The topological polar surface area (TPSA) is 56.8 Å². The van der Waals surface area contributed by atoms with Crippen LogP contribution in [0.5, 0.6) is 0 Å². The largest absolute Gasteiger partial charge is 0.468 e. The van der Waals surface area contributed by atoms with Crippen LogP contribution in [0.25, 0.3) is 0 Å². The van der Waals surface area contributed by atoms with E-state index in [1.54, 1.807) is 0 Å². The lowest BCUT2D eigenvalue weighted by Gasteiger charge is -2.32. The zero-order valence-electron chi connectivity index (χ0n) is 12.5. The van der Waals surface area contributed by atoms with Crippen LogP contribution in [0, 0.1) is 5.92 Å². The molecule has 0 saturated heterocycles. The van der Waals surface area contributed by atoms with Gasteiger partial charge in [0.1, 0.15) is 5.54 Å². The molecule has 1 saturated carbocycles. The van der Waals surface area contributed by atoms with Gasteiger partial charge in [0.2, 0.25) is 0 Å². The Labute approximate surface area is 116 Å². The van der Waals surface area contributed by atoms with Gasteiger partial charge < -0.3 is 14.2 Å². The van der Waals surface area contributed by atoms with Crippen molar-refractivity contribution in [1.29, 1.82) is 0 Å². The average Bonchev–Trinajstić information content (AvgIpc) is 3.25. The van der Waals surface area contributed by atoms with Crippen LogP contribution in [-0.4, -0.2) is 51.1 Å². The molecule has 5 nitrogen and oxygen atoms in total. The lowest BCUT2D eigenvalue weighted by molar-refractivity contribution is -0.154. The highest BCUT2D eigenvalue weighted by molar-refractivity contribution is 5.82. The Hall–Kier alpha value is -0.650. The molecule has 0 aliphatic heterocycles. The molecule has 2 atom stereocenters. The molecular weight excluding hydrogens is 246 g/mol. The molecule has 2 unspecified atom stereocenters. The van der Waals surface area contributed by atoms with Crippen molar-refractivity contribution in [1.82, 2.24) is 5.32 Å².